The zero-order valence-electron chi connectivity index (χ0n) is 25.5. The summed E-state index contributed by atoms with van der Waals surface area (Å²) in [7, 11) is -2.50. The maximum Gasteiger partial charge on any atom is 0.139 e. The summed E-state index contributed by atoms with van der Waals surface area (Å²) in [6, 6.07) is 0. The van der Waals surface area contributed by atoms with Gasteiger partial charge in [0.1, 0.15) is 33.5 Å². The van der Waals surface area contributed by atoms with Crippen LogP contribution in [0.25, 0.3) is 0 Å². The predicted molar refractivity (Wildman–Crippen MR) is 157 cm³/mol. The predicted octanol–water partition coefficient (Wildman–Crippen LogP) is 9.54. The van der Waals surface area contributed by atoms with E-state index in [2.05, 4.69) is 151 Å². The van der Waals surface area contributed by atoms with Crippen molar-refractivity contribution in [3.8, 4) is 0 Å². The smallest absolute Gasteiger partial charge is 0.139 e. The average Bonchev–Trinajstić information content (AvgIpc) is 2.32. The molecule has 6 aliphatic heterocycles. The molecule has 6 fully saturated rings. The number of hydrogen-bond acceptors (Lipinski definition) is 6. The van der Waals surface area contributed by atoms with Crippen molar-refractivity contribution in [1.82, 2.24) is 26.6 Å². The van der Waals surface area contributed by atoms with Crippen LogP contribution in [0.1, 0.15) is 125 Å². The van der Waals surface area contributed by atoms with E-state index in [1.807, 2.05) is 0 Å². The number of rotatable bonds is 0. The fourth-order valence-electron chi connectivity index (χ4n) is 4.55. The van der Waals surface area contributed by atoms with Crippen molar-refractivity contribution >= 4 is 33.5 Å². The number of hydrogen-bond donors (Lipinski definition) is 0. The Bertz CT molecular complexity index is 646. The van der Waals surface area contributed by atoms with Crippen LogP contribution in [0.5, 0.6) is 0 Å². The van der Waals surface area contributed by atoms with Crippen LogP contribution in [0.2, 0.25) is 0 Å². The van der Waals surface area contributed by atoms with Gasteiger partial charge in [-0.3, -0.25) is 0 Å². The molecule has 0 N–H and O–H groups in total. The molecular formula is C24H54N6P4. The van der Waals surface area contributed by atoms with Crippen molar-refractivity contribution < 1.29 is 0 Å². The van der Waals surface area contributed by atoms with Crippen LogP contribution in [0.15, 0.2) is 0 Å². The van der Waals surface area contributed by atoms with Gasteiger partial charge in [-0.2, -0.15) is 0 Å². The lowest BCUT2D eigenvalue weighted by atomic mass is 10.1. The second kappa shape index (κ2) is 8.49. The van der Waals surface area contributed by atoms with E-state index in [9.17, 15) is 0 Å². The van der Waals surface area contributed by atoms with Gasteiger partial charge >= 0.3 is 0 Å². The Labute approximate surface area is 217 Å². The Balaban J connectivity index is 2.40. The first-order chi connectivity index (χ1) is 14.7. The minimum atomic E-state index is -0.626. The second-order valence-electron chi connectivity index (χ2n) is 15.8. The molecule has 6 saturated heterocycles. The van der Waals surface area contributed by atoms with Crippen LogP contribution in [-0.4, -0.2) is 59.9 Å². The Morgan fingerprint density at radius 3 is 0.382 bits per heavy atom. The Kier molecular flexibility index (Phi) is 7.50. The van der Waals surface area contributed by atoms with E-state index in [-0.39, 0.29) is 33.2 Å². The Morgan fingerprint density at radius 2 is 0.324 bits per heavy atom. The molecule has 0 atom stereocenters. The van der Waals surface area contributed by atoms with Gasteiger partial charge in [-0.1, -0.05) is 0 Å². The van der Waals surface area contributed by atoms with Crippen LogP contribution >= 0.6 is 33.5 Å². The van der Waals surface area contributed by atoms with Gasteiger partial charge < -0.3 is 0 Å². The number of nitrogens with zero attached hydrogens (tertiary/aromatic N) is 6. The third-order valence-electron chi connectivity index (χ3n) is 5.63. The second-order valence-corrected chi connectivity index (χ2v) is 24.7. The van der Waals surface area contributed by atoms with E-state index in [0.29, 0.717) is 0 Å². The topological polar surface area (TPSA) is 19.4 Å². The molecule has 0 unspecified atom stereocenters. The largest absolute Gasteiger partial charge is 0.203 e. The molecule has 0 radical (unpaired) electrons. The maximum atomic E-state index is 2.97. The molecule has 200 valence electrons. The van der Waals surface area contributed by atoms with Crippen molar-refractivity contribution in [2.45, 2.75) is 158 Å². The van der Waals surface area contributed by atoms with E-state index in [1.165, 1.54) is 0 Å². The molecule has 4 bridgehead atoms. The SMILES string of the molecule is CC(C)(C)N1P2N(C(C)(C)C)P1N(C(C)(C)C)P1N(C(C)(C)C)P(N1C(C)(C)C)N2C(C)(C)C. The summed E-state index contributed by atoms with van der Waals surface area (Å²) in [4.78, 5) is 0. The van der Waals surface area contributed by atoms with Crippen molar-refractivity contribution in [3.05, 3.63) is 0 Å². The zero-order chi connectivity index (χ0) is 26.8. The summed E-state index contributed by atoms with van der Waals surface area (Å²) in [5.41, 5.74) is 0.572. The van der Waals surface area contributed by atoms with E-state index in [0.717, 1.165) is 0 Å². The molecule has 6 aliphatic rings. The highest BCUT2D eigenvalue weighted by molar-refractivity contribution is 7.95. The quantitative estimate of drug-likeness (QED) is 0.278. The van der Waals surface area contributed by atoms with Crippen molar-refractivity contribution in [2.75, 3.05) is 0 Å². The van der Waals surface area contributed by atoms with Crippen LogP contribution < -0.4 is 0 Å². The van der Waals surface area contributed by atoms with E-state index < -0.39 is 33.5 Å². The summed E-state index contributed by atoms with van der Waals surface area (Å²) in [6.45, 7) is 44.0. The van der Waals surface area contributed by atoms with Gasteiger partial charge in [0, 0.05) is 33.2 Å². The summed E-state index contributed by atoms with van der Waals surface area (Å²) in [6.07, 6.45) is 0. The van der Waals surface area contributed by atoms with Gasteiger partial charge in [-0.25, -0.2) is 26.6 Å². The van der Waals surface area contributed by atoms with E-state index in [4.69, 9.17) is 0 Å². The lowest BCUT2D eigenvalue weighted by Crippen LogP contribution is -2.70. The van der Waals surface area contributed by atoms with E-state index in [1.54, 1.807) is 0 Å². The molecule has 0 spiro atoms. The molecule has 34 heavy (non-hydrogen) atoms. The average molecular weight is 551 g/mol. The summed E-state index contributed by atoms with van der Waals surface area (Å²) in [5.74, 6) is 0. The molecule has 6 rings (SSSR count). The molecule has 0 aromatic rings. The first-order valence-electron chi connectivity index (χ1n) is 12.7. The highest BCUT2D eigenvalue weighted by Gasteiger charge is 2.75. The lowest BCUT2D eigenvalue weighted by Gasteiger charge is -2.81. The third-order valence-corrected chi connectivity index (χ3v) is 22.7. The van der Waals surface area contributed by atoms with Crippen molar-refractivity contribution in [1.29, 1.82) is 0 Å². The standard InChI is InChI=1S/C24H54N6P4/c1-19(2,3)25-31-26(20(4,5)6)32(25)30(24(16,17)18)34-27(21(7,8)9)33(28(34)22(10,11)12)29(31)23(13,14)15/h1-18H3. The first kappa shape index (κ1) is 30.0. The van der Waals surface area contributed by atoms with Gasteiger partial charge in [0.2, 0.25) is 0 Å². The molecule has 6 heterocycles. The van der Waals surface area contributed by atoms with Gasteiger partial charge in [-0.05, 0) is 125 Å². The molecule has 10 heteroatoms. The molecular weight excluding hydrogens is 496 g/mol. The van der Waals surface area contributed by atoms with Gasteiger partial charge in [-0.15, -0.1) is 0 Å². The molecule has 0 aromatic heterocycles. The molecule has 0 aliphatic carbocycles. The summed E-state index contributed by atoms with van der Waals surface area (Å²) >= 11 is 0. The lowest BCUT2D eigenvalue weighted by molar-refractivity contribution is 0.172. The monoisotopic (exact) mass is 550 g/mol. The molecule has 6 nitrogen and oxygen atoms in total. The van der Waals surface area contributed by atoms with Crippen molar-refractivity contribution in [3.63, 3.8) is 0 Å². The summed E-state index contributed by atoms with van der Waals surface area (Å²) < 4.78 is 17.7. The van der Waals surface area contributed by atoms with Gasteiger partial charge in [0.15, 0.2) is 0 Å². The molecule has 0 saturated carbocycles. The minimum absolute atomic E-state index is 0.0597. The van der Waals surface area contributed by atoms with Gasteiger partial charge in [0.05, 0.1) is 0 Å². The van der Waals surface area contributed by atoms with Gasteiger partial charge in [0.25, 0.3) is 0 Å². The summed E-state index contributed by atoms with van der Waals surface area (Å²) in [5, 5.41) is 0. The zero-order valence-corrected chi connectivity index (χ0v) is 29.0. The molecule has 0 aromatic carbocycles. The highest BCUT2D eigenvalue weighted by atomic mass is 31.3. The van der Waals surface area contributed by atoms with E-state index >= 15 is 0 Å². The Hall–Kier alpha value is 1.48. The molecule has 0 amide bonds. The highest BCUT2D eigenvalue weighted by Crippen LogP contribution is 3.00. The fraction of sp³-hybridized carbons (Fsp3) is 1.00. The van der Waals surface area contributed by atoms with Crippen LogP contribution in [0.3, 0.4) is 0 Å². The maximum absolute atomic E-state index is 2.97. The van der Waals surface area contributed by atoms with Crippen LogP contribution in [0.4, 0.5) is 0 Å². The van der Waals surface area contributed by atoms with Crippen molar-refractivity contribution in [2.24, 2.45) is 0 Å². The van der Waals surface area contributed by atoms with Crippen LogP contribution in [0, 0.1) is 0 Å². The Morgan fingerprint density at radius 1 is 0.235 bits per heavy atom. The normalized spacial score (nSPS) is 32.3. The van der Waals surface area contributed by atoms with Crippen LogP contribution in [-0.2, 0) is 0 Å². The third kappa shape index (κ3) is 4.83. The minimum Gasteiger partial charge on any atom is -0.203 e. The fourth-order valence-corrected chi connectivity index (χ4v) is 22.6. The first-order valence-corrected chi connectivity index (χ1v) is 17.5.